The van der Waals surface area contributed by atoms with Gasteiger partial charge in [0.15, 0.2) is 0 Å². The van der Waals surface area contributed by atoms with Crippen molar-refractivity contribution in [2.24, 2.45) is 5.73 Å². The average molecular weight is 370 g/mol. The Morgan fingerprint density at radius 2 is 2.32 bits per heavy atom. The Labute approximate surface area is 131 Å². The summed E-state index contributed by atoms with van der Waals surface area (Å²) in [5.41, 5.74) is 5.51. The van der Waals surface area contributed by atoms with Gasteiger partial charge in [-0.1, -0.05) is 0 Å². The second kappa shape index (κ2) is 8.21. The van der Waals surface area contributed by atoms with Gasteiger partial charge < -0.3 is 15.8 Å². The molecule has 1 aliphatic rings. The maximum Gasteiger partial charge on any atom is 0.249 e. The van der Waals surface area contributed by atoms with E-state index in [1.807, 2.05) is 6.07 Å². The Kier molecular flexibility index (Phi) is 7.31. The van der Waals surface area contributed by atoms with Gasteiger partial charge in [-0.05, 0) is 47.3 Å². The first-order valence-corrected chi connectivity index (χ1v) is 7.67. The first-order valence-electron chi connectivity index (χ1n) is 6.06. The minimum Gasteiger partial charge on any atom is -0.364 e. The monoisotopic (exact) mass is 368 g/mol. The van der Waals surface area contributed by atoms with E-state index >= 15 is 0 Å². The molecule has 1 aromatic rings. The van der Waals surface area contributed by atoms with Crippen LogP contribution in [0.3, 0.4) is 0 Å². The molecule has 1 saturated heterocycles. The van der Waals surface area contributed by atoms with Gasteiger partial charge in [-0.2, -0.15) is 0 Å². The number of carbonyl (C=O) groups is 1. The summed E-state index contributed by atoms with van der Waals surface area (Å²) in [6, 6.07) is 4.09. The molecule has 0 bridgehead atoms. The Balaban J connectivity index is 0.00000180. The zero-order valence-electron chi connectivity index (χ0n) is 10.4. The van der Waals surface area contributed by atoms with Crippen molar-refractivity contribution in [1.29, 1.82) is 0 Å². The Morgan fingerprint density at radius 1 is 1.53 bits per heavy atom. The highest BCUT2D eigenvalue weighted by Crippen LogP contribution is 2.22. The van der Waals surface area contributed by atoms with Crippen LogP contribution in [-0.2, 0) is 16.0 Å². The molecule has 1 aliphatic heterocycles. The van der Waals surface area contributed by atoms with Crippen molar-refractivity contribution in [1.82, 2.24) is 5.32 Å². The number of hydrogen-bond donors (Lipinski definition) is 2. The fourth-order valence-corrected chi connectivity index (χ4v) is 3.46. The van der Waals surface area contributed by atoms with Gasteiger partial charge >= 0.3 is 0 Å². The molecule has 2 atom stereocenters. The highest BCUT2D eigenvalue weighted by Gasteiger charge is 2.29. The maximum atomic E-state index is 11.8. The van der Waals surface area contributed by atoms with Gasteiger partial charge in [0, 0.05) is 18.0 Å². The second-order valence-corrected chi connectivity index (χ2v) is 6.85. The Bertz CT molecular complexity index is 416. The van der Waals surface area contributed by atoms with Crippen LogP contribution in [0.15, 0.2) is 15.9 Å². The number of hydrogen-bond acceptors (Lipinski definition) is 4. The van der Waals surface area contributed by atoms with Gasteiger partial charge in [0.05, 0.1) is 9.89 Å². The van der Waals surface area contributed by atoms with Crippen LogP contribution in [0.5, 0.6) is 0 Å². The van der Waals surface area contributed by atoms with Crippen LogP contribution in [0.4, 0.5) is 0 Å². The van der Waals surface area contributed by atoms with Crippen LogP contribution in [0.25, 0.3) is 0 Å². The summed E-state index contributed by atoms with van der Waals surface area (Å²) in [6.45, 7) is 1.14. The predicted octanol–water partition coefficient (Wildman–Crippen LogP) is 2.10. The van der Waals surface area contributed by atoms with E-state index in [0.717, 1.165) is 23.0 Å². The van der Waals surface area contributed by atoms with E-state index in [2.05, 4.69) is 27.3 Å². The quantitative estimate of drug-likeness (QED) is 0.835. The molecule has 108 valence electrons. The van der Waals surface area contributed by atoms with Crippen molar-refractivity contribution in [3.05, 3.63) is 20.8 Å². The summed E-state index contributed by atoms with van der Waals surface area (Å²) in [5, 5.41) is 2.91. The standard InChI is InChI=1S/C12H17BrN2O2S.ClH/c13-11-4-2-9(18-11)5-6-15-12(16)10-3-1-8(7-14)17-10;/h2,4,8,10H,1,3,5-7,14H2,(H,15,16);1H/t8-,10+;/m1./s1. The minimum atomic E-state index is -0.311. The zero-order chi connectivity index (χ0) is 13.0. The fourth-order valence-electron chi connectivity index (χ4n) is 1.98. The topological polar surface area (TPSA) is 64.4 Å². The molecule has 1 fully saturated rings. The second-order valence-electron chi connectivity index (χ2n) is 4.31. The number of halogens is 2. The van der Waals surface area contributed by atoms with Crippen molar-refractivity contribution < 1.29 is 9.53 Å². The lowest BCUT2D eigenvalue weighted by atomic mass is 10.2. The van der Waals surface area contributed by atoms with Crippen LogP contribution in [0.1, 0.15) is 17.7 Å². The fraction of sp³-hybridized carbons (Fsp3) is 0.583. The Morgan fingerprint density at radius 3 is 2.89 bits per heavy atom. The maximum absolute atomic E-state index is 11.8. The van der Waals surface area contributed by atoms with Gasteiger partial charge in [0.25, 0.3) is 0 Å². The molecule has 3 N–H and O–H groups in total. The third-order valence-electron chi connectivity index (χ3n) is 2.96. The highest BCUT2D eigenvalue weighted by molar-refractivity contribution is 9.11. The number of nitrogens with two attached hydrogens (primary N) is 1. The molecule has 2 heterocycles. The van der Waals surface area contributed by atoms with E-state index in [-0.39, 0.29) is 30.5 Å². The first kappa shape index (κ1) is 16.9. The third-order valence-corrected chi connectivity index (χ3v) is 4.65. The minimum absolute atomic E-state index is 0. The van der Waals surface area contributed by atoms with E-state index in [0.29, 0.717) is 13.1 Å². The number of thiophene rings is 1. The van der Waals surface area contributed by atoms with Crippen molar-refractivity contribution in [2.75, 3.05) is 13.1 Å². The molecule has 4 nitrogen and oxygen atoms in total. The Hall–Kier alpha value is -0.140. The lowest BCUT2D eigenvalue weighted by molar-refractivity contribution is -0.131. The number of amides is 1. The summed E-state index contributed by atoms with van der Waals surface area (Å²) < 4.78 is 6.66. The molecule has 7 heteroatoms. The van der Waals surface area contributed by atoms with E-state index in [1.54, 1.807) is 11.3 Å². The summed E-state index contributed by atoms with van der Waals surface area (Å²) in [6.07, 6.45) is 2.25. The predicted molar refractivity (Wildman–Crippen MR) is 82.9 cm³/mol. The summed E-state index contributed by atoms with van der Waals surface area (Å²) in [7, 11) is 0. The summed E-state index contributed by atoms with van der Waals surface area (Å²) in [4.78, 5) is 13.1. The largest absolute Gasteiger partial charge is 0.364 e. The van der Waals surface area contributed by atoms with Crippen LogP contribution >= 0.6 is 39.7 Å². The van der Waals surface area contributed by atoms with Crippen LogP contribution < -0.4 is 11.1 Å². The number of ether oxygens (including phenoxy) is 1. The summed E-state index contributed by atoms with van der Waals surface area (Å²) in [5.74, 6) is -0.0124. The van der Waals surface area contributed by atoms with Crippen LogP contribution in [-0.4, -0.2) is 31.2 Å². The van der Waals surface area contributed by atoms with Gasteiger partial charge in [-0.25, -0.2) is 0 Å². The van der Waals surface area contributed by atoms with Gasteiger partial charge in [0.2, 0.25) is 5.91 Å². The van der Waals surface area contributed by atoms with Gasteiger partial charge in [0.1, 0.15) is 6.10 Å². The lowest BCUT2D eigenvalue weighted by Gasteiger charge is -2.12. The SMILES string of the molecule is Cl.NC[C@H]1CC[C@@H](C(=O)NCCc2ccc(Br)s2)O1. The number of nitrogens with one attached hydrogen (secondary N) is 1. The molecule has 0 unspecified atom stereocenters. The highest BCUT2D eigenvalue weighted by atomic mass is 79.9. The first-order chi connectivity index (χ1) is 8.69. The van der Waals surface area contributed by atoms with E-state index in [9.17, 15) is 4.79 Å². The molecule has 0 radical (unpaired) electrons. The molecular weight excluding hydrogens is 352 g/mol. The van der Waals surface area contributed by atoms with Gasteiger partial charge in [-0.3, -0.25) is 4.79 Å². The van der Waals surface area contributed by atoms with E-state index < -0.39 is 0 Å². The molecule has 0 aliphatic carbocycles. The smallest absolute Gasteiger partial charge is 0.249 e. The lowest BCUT2D eigenvalue weighted by Crippen LogP contribution is -2.36. The molecule has 0 saturated carbocycles. The number of rotatable bonds is 5. The van der Waals surface area contributed by atoms with Crippen LogP contribution in [0.2, 0.25) is 0 Å². The molecule has 2 rings (SSSR count). The zero-order valence-corrected chi connectivity index (χ0v) is 13.7. The van der Waals surface area contributed by atoms with Crippen LogP contribution in [0, 0.1) is 0 Å². The van der Waals surface area contributed by atoms with Crippen molar-refractivity contribution in [3.8, 4) is 0 Å². The molecule has 0 aromatic carbocycles. The van der Waals surface area contributed by atoms with Crippen molar-refractivity contribution in [2.45, 2.75) is 31.5 Å². The molecule has 19 heavy (non-hydrogen) atoms. The van der Waals surface area contributed by atoms with Gasteiger partial charge in [-0.15, -0.1) is 23.7 Å². The molecule has 1 aromatic heterocycles. The molecular formula is C12H18BrClN2O2S. The van der Waals surface area contributed by atoms with Crippen molar-refractivity contribution >= 4 is 45.6 Å². The van der Waals surface area contributed by atoms with Crippen molar-refractivity contribution in [3.63, 3.8) is 0 Å². The molecule has 0 spiro atoms. The van der Waals surface area contributed by atoms with E-state index in [4.69, 9.17) is 10.5 Å². The average Bonchev–Trinajstić information content (AvgIpc) is 2.98. The van der Waals surface area contributed by atoms with E-state index in [1.165, 1.54) is 4.88 Å². The summed E-state index contributed by atoms with van der Waals surface area (Å²) >= 11 is 5.11. The third kappa shape index (κ3) is 5.04. The number of carbonyl (C=O) groups excluding carboxylic acids is 1. The molecule has 1 amide bonds. The normalized spacial score (nSPS) is 22.0.